The molecule has 140 valence electrons. The van der Waals surface area contributed by atoms with Gasteiger partial charge in [0.15, 0.2) is 11.6 Å². The number of benzene rings is 1. The lowest BCUT2D eigenvalue weighted by molar-refractivity contribution is -0.137. The van der Waals surface area contributed by atoms with Crippen LogP contribution in [0.15, 0.2) is 18.2 Å². The molecule has 0 spiro atoms. The molecule has 1 heterocycles. The van der Waals surface area contributed by atoms with E-state index in [9.17, 15) is 22.0 Å². The Labute approximate surface area is 144 Å². The molecular weight excluding hydrogens is 358 g/mol. The number of sulfonamides is 1. The van der Waals surface area contributed by atoms with Gasteiger partial charge < -0.3 is 9.84 Å². The maximum absolute atomic E-state index is 13.8. The van der Waals surface area contributed by atoms with Crippen molar-refractivity contribution in [1.29, 1.82) is 0 Å². The number of halogens is 2. The van der Waals surface area contributed by atoms with Gasteiger partial charge in [-0.3, -0.25) is 9.69 Å². The topological polar surface area (TPSA) is 87.2 Å². The van der Waals surface area contributed by atoms with Crippen molar-refractivity contribution in [2.24, 2.45) is 0 Å². The van der Waals surface area contributed by atoms with Crippen LogP contribution in [0.25, 0.3) is 0 Å². The lowest BCUT2D eigenvalue weighted by atomic mass is 10.1. The molecule has 1 aromatic rings. The zero-order valence-electron chi connectivity index (χ0n) is 13.7. The fourth-order valence-electron chi connectivity index (χ4n) is 2.64. The third-order valence-corrected chi connectivity index (χ3v) is 5.05. The molecule has 0 saturated carbocycles. The predicted octanol–water partition coefficient (Wildman–Crippen LogP) is 0.512. The number of carbonyl (C=O) groups is 1. The van der Waals surface area contributed by atoms with Gasteiger partial charge in [-0.05, 0) is 6.07 Å². The largest absolute Gasteiger partial charge is 0.480 e. The van der Waals surface area contributed by atoms with Crippen molar-refractivity contribution in [3.05, 3.63) is 35.4 Å². The summed E-state index contributed by atoms with van der Waals surface area (Å²) >= 11 is 0. The second kappa shape index (κ2) is 8.17. The molecule has 1 fully saturated rings. The minimum Gasteiger partial charge on any atom is -0.480 e. The number of nitrogens with zero attached hydrogens (tertiary/aromatic N) is 2. The van der Waals surface area contributed by atoms with Crippen molar-refractivity contribution >= 4 is 16.0 Å². The van der Waals surface area contributed by atoms with Crippen LogP contribution in [-0.4, -0.2) is 73.8 Å². The summed E-state index contributed by atoms with van der Waals surface area (Å²) in [6, 6.07) is 3.94. The first-order valence-electron chi connectivity index (χ1n) is 7.60. The van der Waals surface area contributed by atoms with E-state index in [1.807, 2.05) is 4.90 Å². The lowest BCUT2D eigenvalue weighted by Crippen LogP contribution is -2.49. The van der Waals surface area contributed by atoms with E-state index in [1.165, 1.54) is 12.1 Å². The predicted molar refractivity (Wildman–Crippen MR) is 85.4 cm³/mol. The van der Waals surface area contributed by atoms with E-state index in [2.05, 4.69) is 0 Å². The van der Waals surface area contributed by atoms with Crippen molar-refractivity contribution in [2.45, 2.75) is 12.6 Å². The Kier molecular flexibility index (Phi) is 6.44. The molecule has 1 saturated heterocycles. The molecule has 1 atom stereocenters. The monoisotopic (exact) mass is 378 g/mol. The molecule has 1 aliphatic heterocycles. The molecular formula is C15H20F2N2O5S. The Morgan fingerprint density at radius 2 is 2.16 bits per heavy atom. The van der Waals surface area contributed by atoms with E-state index in [4.69, 9.17) is 9.84 Å². The van der Waals surface area contributed by atoms with Gasteiger partial charge >= 0.3 is 5.97 Å². The van der Waals surface area contributed by atoms with Gasteiger partial charge in [0.1, 0.15) is 6.54 Å². The van der Waals surface area contributed by atoms with Crippen LogP contribution in [0.3, 0.4) is 0 Å². The molecule has 0 bridgehead atoms. The Morgan fingerprint density at radius 1 is 1.44 bits per heavy atom. The van der Waals surface area contributed by atoms with Gasteiger partial charge in [-0.2, -0.15) is 4.31 Å². The summed E-state index contributed by atoms with van der Waals surface area (Å²) in [5.74, 6) is -3.10. The first kappa shape index (κ1) is 19.7. The molecule has 10 heteroatoms. The Hall–Kier alpha value is -1.62. The number of carboxylic acids is 1. The molecule has 0 radical (unpaired) electrons. The highest BCUT2D eigenvalue weighted by Gasteiger charge is 2.28. The third-order valence-electron chi connectivity index (χ3n) is 3.84. The molecule has 0 amide bonds. The smallest absolute Gasteiger partial charge is 0.318 e. The lowest BCUT2D eigenvalue weighted by Gasteiger charge is -2.34. The number of rotatable bonds is 7. The van der Waals surface area contributed by atoms with Crippen LogP contribution in [0, 0.1) is 11.6 Å². The number of ether oxygens (including phenoxy) is 1. The summed E-state index contributed by atoms with van der Waals surface area (Å²) in [5, 5.41) is 8.85. The molecule has 25 heavy (non-hydrogen) atoms. The maximum Gasteiger partial charge on any atom is 0.318 e. The van der Waals surface area contributed by atoms with Gasteiger partial charge in [-0.15, -0.1) is 0 Å². The third kappa shape index (κ3) is 5.70. The Balaban J connectivity index is 2.02. The standard InChI is InChI=1S/C15H20F2N2O5S/c1-25(22,23)19(10-14(20)21)9-12-8-18(5-6-24-12)7-11-3-2-4-13(16)15(11)17/h2-4,12H,5-10H2,1H3,(H,20,21)/t12-/m1/s1. The zero-order valence-corrected chi connectivity index (χ0v) is 14.5. The second-order valence-electron chi connectivity index (χ2n) is 5.89. The van der Waals surface area contributed by atoms with Gasteiger partial charge in [-0.1, -0.05) is 12.1 Å². The van der Waals surface area contributed by atoms with Crippen LogP contribution in [0.1, 0.15) is 5.56 Å². The van der Waals surface area contributed by atoms with Crippen LogP contribution < -0.4 is 0 Å². The molecule has 0 unspecified atom stereocenters. The molecule has 1 aliphatic rings. The van der Waals surface area contributed by atoms with Gasteiger partial charge in [0, 0.05) is 31.7 Å². The van der Waals surface area contributed by atoms with E-state index in [0.717, 1.165) is 16.6 Å². The molecule has 2 rings (SSSR count). The number of carboxylic acid groups (broad SMARTS) is 1. The average molecular weight is 378 g/mol. The number of aliphatic carboxylic acids is 1. The average Bonchev–Trinajstić information content (AvgIpc) is 2.50. The van der Waals surface area contributed by atoms with E-state index in [1.54, 1.807) is 0 Å². The summed E-state index contributed by atoms with van der Waals surface area (Å²) in [6.07, 6.45) is 0.373. The van der Waals surface area contributed by atoms with Crippen LogP contribution >= 0.6 is 0 Å². The fraction of sp³-hybridized carbons (Fsp3) is 0.533. The Morgan fingerprint density at radius 3 is 2.80 bits per heavy atom. The number of morpholine rings is 1. The molecule has 0 aliphatic carbocycles. The molecule has 1 aromatic carbocycles. The van der Waals surface area contributed by atoms with E-state index >= 15 is 0 Å². The summed E-state index contributed by atoms with van der Waals surface area (Å²) in [6.45, 7) is 0.421. The molecule has 7 nitrogen and oxygen atoms in total. The van der Waals surface area contributed by atoms with Crippen LogP contribution in [0.4, 0.5) is 8.78 Å². The van der Waals surface area contributed by atoms with Crippen molar-refractivity contribution in [1.82, 2.24) is 9.21 Å². The van der Waals surface area contributed by atoms with Crippen LogP contribution in [-0.2, 0) is 26.1 Å². The van der Waals surface area contributed by atoms with Gasteiger partial charge in [-0.25, -0.2) is 17.2 Å². The van der Waals surface area contributed by atoms with Crippen molar-refractivity contribution in [2.75, 3.05) is 39.0 Å². The summed E-state index contributed by atoms with van der Waals surface area (Å²) < 4.78 is 56.8. The normalized spacial score (nSPS) is 19.3. The maximum atomic E-state index is 13.8. The van der Waals surface area contributed by atoms with Gasteiger partial charge in [0.2, 0.25) is 10.0 Å². The highest BCUT2D eigenvalue weighted by atomic mass is 32.2. The first-order valence-corrected chi connectivity index (χ1v) is 9.45. The zero-order chi connectivity index (χ0) is 18.6. The minimum atomic E-state index is -3.70. The van der Waals surface area contributed by atoms with Crippen molar-refractivity contribution in [3.8, 4) is 0 Å². The Bertz CT molecular complexity index is 729. The van der Waals surface area contributed by atoms with Crippen molar-refractivity contribution < 1.29 is 31.8 Å². The van der Waals surface area contributed by atoms with Gasteiger partial charge in [0.25, 0.3) is 0 Å². The van der Waals surface area contributed by atoms with E-state index in [-0.39, 0.29) is 31.8 Å². The molecule has 0 aromatic heterocycles. The number of hydrogen-bond acceptors (Lipinski definition) is 5. The van der Waals surface area contributed by atoms with Crippen LogP contribution in [0.5, 0.6) is 0 Å². The van der Waals surface area contributed by atoms with Crippen molar-refractivity contribution in [3.63, 3.8) is 0 Å². The minimum absolute atomic E-state index is 0.118. The highest BCUT2D eigenvalue weighted by molar-refractivity contribution is 7.88. The van der Waals surface area contributed by atoms with E-state index < -0.39 is 40.3 Å². The molecule has 1 N–H and O–H groups in total. The van der Waals surface area contributed by atoms with Gasteiger partial charge in [0.05, 0.1) is 19.0 Å². The second-order valence-corrected chi connectivity index (χ2v) is 7.87. The summed E-state index contributed by atoms with van der Waals surface area (Å²) in [7, 11) is -3.70. The quantitative estimate of drug-likeness (QED) is 0.744. The fourth-order valence-corrected chi connectivity index (χ4v) is 3.42. The first-order chi connectivity index (χ1) is 11.7. The number of hydrogen-bond donors (Lipinski definition) is 1. The highest BCUT2D eigenvalue weighted by Crippen LogP contribution is 2.16. The van der Waals surface area contributed by atoms with Crippen LogP contribution in [0.2, 0.25) is 0 Å². The summed E-state index contributed by atoms with van der Waals surface area (Å²) in [4.78, 5) is 12.7. The SMILES string of the molecule is CS(=O)(=O)N(CC(=O)O)C[C@H]1CN(Cc2cccc(F)c2F)CCO1. The van der Waals surface area contributed by atoms with E-state index in [0.29, 0.717) is 6.54 Å². The summed E-state index contributed by atoms with van der Waals surface area (Å²) in [5.41, 5.74) is 0.200.